The molecule has 1 atom stereocenters. The van der Waals surface area contributed by atoms with Crippen molar-refractivity contribution in [3.05, 3.63) is 40.6 Å². The van der Waals surface area contributed by atoms with Crippen molar-refractivity contribution in [1.82, 2.24) is 15.3 Å². The predicted octanol–water partition coefficient (Wildman–Crippen LogP) is 2.64. The lowest BCUT2D eigenvalue weighted by Gasteiger charge is -2.17. The second kappa shape index (κ2) is 6.47. The fourth-order valence-electron chi connectivity index (χ4n) is 1.74. The van der Waals surface area contributed by atoms with E-state index in [1.165, 1.54) is 4.88 Å². The maximum Gasteiger partial charge on any atom is 0.137 e. The normalized spacial score (nSPS) is 12.3. The quantitative estimate of drug-likeness (QED) is 0.870. The minimum absolute atomic E-state index is 0.139. The van der Waals surface area contributed by atoms with Gasteiger partial charge in [-0.15, -0.1) is 11.3 Å². The molecule has 18 heavy (non-hydrogen) atoms. The Labute approximate surface area is 111 Å². The van der Waals surface area contributed by atoms with Crippen LogP contribution in [0.2, 0.25) is 0 Å². The molecule has 0 amide bonds. The van der Waals surface area contributed by atoms with Crippen molar-refractivity contribution in [3.8, 4) is 5.75 Å². The molecule has 96 valence electrons. The fourth-order valence-corrected chi connectivity index (χ4v) is 2.47. The SMILES string of the molecule is CCCNC(c1cncc(OC)c1)c1cncs1. The Morgan fingerprint density at radius 2 is 2.22 bits per heavy atom. The Kier molecular flexibility index (Phi) is 4.66. The third-order valence-electron chi connectivity index (χ3n) is 2.64. The molecule has 4 nitrogen and oxygen atoms in total. The zero-order valence-electron chi connectivity index (χ0n) is 10.6. The first kappa shape index (κ1) is 13.0. The average Bonchev–Trinajstić information content (AvgIpc) is 2.93. The molecule has 0 bridgehead atoms. The van der Waals surface area contributed by atoms with Crippen LogP contribution in [-0.4, -0.2) is 23.6 Å². The average molecular weight is 263 g/mol. The molecular weight excluding hydrogens is 246 g/mol. The van der Waals surface area contributed by atoms with Crippen LogP contribution in [0.4, 0.5) is 0 Å². The summed E-state index contributed by atoms with van der Waals surface area (Å²) in [5.41, 5.74) is 2.95. The van der Waals surface area contributed by atoms with Gasteiger partial charge in [0.15, 0.2) is 0 Å². The molecule has 2 aromatic rings. The van der Waals surface area contributed by atoms with Crippen LogP contribution in [0.25, 0.3) is 0 Å². The molecule has 0 spiro atoms. The molecule has 1 N–H and O–H groups in total. The number of rotatable bonds is 6. The molecule has 0 saturated heterocycles. The smallest absolute Gasteiger partial charge is 0.137 e. The van der Waals surface area contributed by atoms with Crippen LogP contribution < -0.4 is 10.1 Å². The van der Waals surface area contributed by atoms with Crippen molar-refractivity contribution >= 4 is 11.3 Å². The molecule has 2 aromatic heterocycles. The van der Waals surface area contributed by atoms with Crippen molar-refractivity contribution in [2.75, 3.05) is 13.7 Å². The zero-order chi connectivity index (χ0) is 12.8. The van der Waals surface area contributed by atoms with Gasteiger partial charge in [-0.1, -0.05) is 6.92 Å². The molecule has 0 saturated carbocycles. The summed E-state index contributed by atoms with van der Waals surface area (Å²) in [7, 11) is 1.65. The van der Waals surface area contributed by atoms with Gasteiger partial charge in [0.1, 0.15) is 5.75 Å². The summed E-state index contributed by atoms with van der Waals surface area (Å²) in [6.07, 6.45) is 6.58. The summed E-state index contributed by atoms with van der Waals surface area (Å²) in [6.45, 7) is 3.11. The molecule has 2 heterocycles. The molecule has 0 aliphatic carbocycles. The Balaban J connectivity index is 2.27. The van der Waals surface area contributed by atoms with E-state index in [1.54, 1.807) is 24.6 Å². The highest BCUT2D eigenvalue weighted by atomic mass is 32.1. The van der Waals surface area contributed by atoms with Gasteiger partial charge >= 0.3 is 0 Å². The minimum atomic E-state index is 0.139. The Morgan fingerprint density at radius 3 is 2.89 bits per heavy atom. The van der Waals surface area contributed by atoms with Crippen molar-refractivity contribution in [1.29, 1.82) is 0 Å². The van der Waals surface area contributed by atoms with Gasteiger partial charge in [0.2, 0.25) is 0 Å². The van der Waals surface area contributed by atoms with E-state index in [4.69, 9.17) is 4.74 Å². The van der Waals surface area contributed by atoms with E-state index in [9.17, 15) is 0 Å². The fraction of sp³-hybridized carbons (Fsp3) is 0.385. The largest absolute Gasteiger partial charge is 0.495 e. The van der Waals surface area contributed by atoms with Gasteiger partial charge in [-0.3, -0.25) is 9.97 Å². The maximum atomic E-state index is 5.22. The first-order valence-corrected chi connectivity index (χ1v) is 6.83. The lowest BCUT2D eigenvalue weighted by atomic mass is 10.1. The van der Waals surface area contributed by atoms with Crippen LogP contribution in [0, 0.1) is 0 Å². The van der Waals surface area contributed by atoms with Gasteiger partial charge in [0.25, 0.3) is 0 Å². The topological polar surface area (TPSA) is 47.0 Å². The van der Waals surface area contributed by atoms with Crippen LogP contribution in [0.1, 0.15) is 29.8 Å². The van der Waals surface area contributed by atoms with Crippen molar-refractivity contribution in [3.63, 3.8) is 0 Å². The lowest BCUT2D eigenvalue weighted by molar-refractivity contribution is 0.411. The third kappa shape index (κ3) is 3.05. The van der Waals surface area contributed by atoms with E-state index in [0.717, 1.165) is 24.3 Å². The number of pyridine rings is 1. The number of hydrogen-bond acceptors (Lipinski definition) is 5. The Bertz CT molecular complexity index is 473. The first-order chi connectivity index (χ1) is 8.85. The summed E-state index contributed by atoms with van der Waals surface area (Å²) < 4.78 is 5.22. The summed E-state index contributed by atoms with van der Waals surface area (Å²) >= 11 is 1.65. The summed E-state index contributed by atoms with van der Waals surface area (Å²) in [5.74, 6) is 0.778. The maximum absolute atomic E-state index is 5.22. The summed E-state index contributed by atoms with van der Waals surface area (Å²) in [4.78, 5) is 9.55. The molecule has 0 aromatic carbocycles. The van der Waals surface area contributed by atoms with Crippen LogP contribution in [0.3, 0.4) is 0 Å². The van der Waals surface area contributed by atoms with Gasteiger partial charge in [-0.25, -0.2) is 0 Å². The number of methoxy groups -OCH3 is 1. The lowest BCUT2D eigenvalue weighted by Crippen LogP contribution is -2.22. The predicted molar refractivity (Wildman–Crippen MR) is 73.0 cm³/mol. The van der Waals surface area contributed by atoms with Crippen LogP contribution in [-0.2, 0) is 0 Å². The van der Waals surface area contributed by atoms with E-state index in [0.29, 0.717) is 0 Å². The van der Waals surface area contributed by atoms with Crippen LogP contribution in [0.15, 0.2) is 30.2 Å². The number of hydrogen-bond donors (Lipinski definition) is 1. The molecule has 0 radical (unpaired) electrons. The first-order valence-electron chi connectivity index (χ1n) is 5.96. The van der Waals surface area contributed by atoms with Gasteiger partial charge in [0, 0.05) is 17.3 Å². The van der Waals surface area contributed by atoms with Crippen molar-refractivity contribution < 1.29 is 4.74 Å². The number of aromatic nitrogens is 2. The number of nitrogens with one attached hydrogen (secondary N) is 1. The Morgan fingerprint density at radius 1 is 1.33 bits per heavy atom. The highest BCUT2D eigenvalue weighted by Gasteiger charge is 2.15. The highest BCUT2D eigenvalue weighted by molar-refractivity contribution is 7.09. The second-order valence-corrected chi connectivity index (χ2v) is 4.87. The molecule has 0 aliphatic heterocycles. The van der Waals surface area contributed by atoms with E-state index < -0.39 is 0 Å². The standard InChI is InChI=1S/C13H17N3OS/c1-3-4-16-13(12-8-15-9-18-12)10-5-11(17-2)7-14-6-10/h5-9,13,16H,3-4H2,1-2H3. The van der Waals surface area contributed by atoms with Gasteiger partial charge in [-0.05, 0) is 24.6 Å². The molecule has 0 fully saturated rings. The highest BCUT2D eigenvalue weighted by Crippen LogP contribution is 2.26. The van der Waals surface area contributed by atoms with Gasteiger partial charge in [0.05, 0.1) is 24.9 Å². The molecular formula is C13H17N3OS. The molecule has 1 unspecified atom stereocenters. The summed E-state index contributed by atoms with van der Waals surface area (Å²) in [5, 5.41) is 3.51. The van der Waals surface area contributed by atoms with E-state index >= 15 is 0 Å². The number of ether oxygens (including phenoxy) is 1. The zero-order valence-corrected chi connectivity index (χ0v) is 11.4. The molecule has 5 heteroatoms. The van der Waals surface area contributed by atoms with Gasteiger partial charge < -0.3 is 10.1 Å². The van der Waals surface area contributed by atoms with Crippen LogP contribution in [0.5, 0.6) is 5.75 Å². The van der Waals surface area contributed by atoms with Gasteiger partial charge in [-0.2, -0.15) is 0 Å². The van der Waals surface area contributed by atoms with E-state index in [-0.39, 0.29) is 6.04 Å². The molecule has 2 rings (SSSR count). The monoisotopic (exact) mass is 263 g/mol. The second-order valence-electron chi connectivity index (χ2n) is 3.95. The van der Waals surface area contributed by atoms with Crippen molar-refractivity contribution in [2.24, 2.45) is 0 Å². The van der Waals surface area contributed by atoms with Crippen molar-refractivity contribution in [2.45, 2.75) is 19.4 Å². The minimum Gasteiger partial charge on any atom is -0.495 e. The van der Waals surface area contributed by atoms with E-state index in [1.807, 2.05) is 24.0 Å². The van der Waals surface area contributed by atoms with E-state index in [2.05, 4.69) is 22.2 Å². The Hall–Kier alpha value is -1.46. The summed E-state index contributed by atoms with van der Waals surface area (Å²) in [6, 6.07) is 2.15. The molecule has 0 aliphatic rings. The number of nitrogens with zero attached hydrogens (tertiary/aromatic N) is 2. The van der Waals surface area contributed by atoms with Crippen LogP contribution >= 0.6 is 11.3 Å². The third-order valence-corrected chi connectivity index (χ3v) is 3.48. The number of thiazole rings is 1.